The van der Waals surface area contributed by atoms with Gasteiger partial charge in [0.05, 0.1) is 10.6 Å². The summed E-state index contributed by atoms with van der Waals surface area (Å²) >= 11 is 7.34. The van der Waals surface area contributed by atoms with Crippen LogP contribution in [0, 0.1) is 13.8 Å². The largest absolute Gasteiger partial charge is 0.300 e. The number of aliphatic imine (C=N–C) groups is 1. The molecule has 0 spiro atoms. The number of aryl methyl sites for hydroxylation is 2. The van der Waals surface area contributed by atoms with Gasteiger partial charge >= 0.3 is 0 Å². The maximum absolute atomic E-state index is 12.1. The Bertz CT molecular complexity index is 825. The number of thioether (sulfide) groups is 1. The Hall–Kier alpha value is -2.04. The van der Waals surface area contributed by atoms with Gasteiger partial charge in [0.1, 0.15) is 0 Å². The standard InChI is InChI=1S/C18H15ClN2OS/c1-11-3-6-13(7-4-11)9-16-17(22)21-18(23-16)20-15-10-14(19)8-5-12(15)2/h3-10H,1-2H3,(H,20,21,22)/b16-9-. The molecule has 1 aliphatic rings. The molecule has 23 heavy (non-hydrogen) atoms. The molecule has 1 fully saturated rings. The van der Waals surface area contributed by atoms with Gasteiger partial charge in [0, 0.05) is 5.02 Å². The highest BCUT2D eigenvalue weighted by atomic mass is 35.5. The highest BCUT2D eigenvalue weighted by molar-refractivity contribution is 8.18. The number of nitrogens with zero attached hydrogens (tertiary/aromatic N) is 1. The molecule has 0 radical (unpaired) electrons. The second-order valence-electron chi connectivity index (χ2n) is 5.32. The van der Waals surface area contributed by atoms with Gasteiger partial charge in [0.15, 0.2) is 5.17 Å². The third kappa shape index (κ3) is 3.84. The van der Waals surface area contributed by atoms with Gasteiger partial charge in [0.25, 0.3) is 5.91 Å². The van der Waals surface area contributed by atoms with Crippen molar-refractivity contribution in [1.82, 2.24) is 5.32 Å². The van der Waals surface area contributed by atoms with Crippen molar-refractivity contribution >= 4 is 46.2 Å². The number of carbonyl (C=O) groups is 1. The molecule has 3 nitrogen and oxygen atoms in total. The van der Waals surface area contributed by atoms with E-state index in [-0.39, 0.29) is 5.91 Å². The summed E-state index contributed by atoms with van der Waals surface area (Å²) in [5.74, 6) is -0.131. The second kappa shape index (κ2) is 6.60. The molecule has 116 valence electrons. The molecule has 0 bridgehead atoms. The van der Waals surface area contributed by atoms with Crippen LogP contribution in [0.5, 0.6) is 0 Å². The molecule has 1 saturated heterocycles. The summed E-state index contributed by atoms with van der Waals surface area (Å²) in [6.07, 6.45) is 1.87. The summed E-state index contributed by atoms with van der Waals surface area (Å²) in [5, 5.41) is 3.99. The zero-order valence-electron chi connectivity index (χ0n) is 12.8. The molecular weight excluding hydrogens is 328 g/mol. The lowest BCUT2D eigenvalue weighted by atomic mass is 10.1. The first-order valence-corrected chi connectivity index (χ1v) is 8.33. The van der Waals surface area contributed by atoms with Gasteiger partial charge in [-0.2, -0.15) is 0 Å². The van der Waals surface area contributed by atoms with E-state index in [1.807, 2.05) is 56.3 Å². The second-order valence-corrected chi connectivity index (χ2v) is 6.79. The van der Waals surface area contributed by atoms with Crippen LogP contribution >= 0.6 is 23.4 Å². The number of nitrogens with one attached hydrogen (secondary N) is 1. The molecule has 0 aromatic heterocycles. The van der Waals surface area contributed by atoms with E-state index in [9.17, 15) is 4.79 Å². The smallest absolute Gasteiger partial charge is 0.264 e. The number of amidine groups is 1. The molecule has 1 aliphatic heterocycles. The van der Waals surface area contributed by atoms with Crippen molar-refractivity contribution in [1.29, 1.82) is 0 Å². The minimum atomic E-state index is -0.131. The molecule has 2 aromatic rings. The monoisotopic (exact) mass is 342 g/mol. The molecule has 5 heteroatoms. The Morgan fingerprint density at radius 3 is 2.61 bits per heavy atom. The van der Waals surface area contributed by atoms with Gasteiger partial charge in [-0.05, 0) is 54.9 Å². The van der Waals surface area contributed by atoms with Crippen molar-refractivity contribution in [3.05, 3.63) is 69.1 Å². The number of hydrogen-bond acceptors (Lipinski definition) is 3. The van der Waals surface area contributed by atoms with Crippen LogP contribution in [0.4, 0.5) is 5.69 Å². The molecule has 0 unspecified atom stereocenters. The van der Waals surface area contributed by atoms with Crippen LogP contribution in [0.3, 0.4) is 0 Å². The highest BCUT2D eigenvalue weighted by Crippen LogP contribution is 2.30. The fraction of sp³-hybridized carbons (Fsp3) is 0.111. The van der Waals surface area contributed by atoms with Crippen LogP contribution in [0.2, 0.25) is 5.02 Å². The van der Waals surface area contributed by atoms with E-state index in [1.165, 1.54) is 17.3 Å². The van der Waals surface area contributed by atoms with Crippen molar-refractivity contribution in [3.8, 4) is 0 Å². The van der Waals surface area contributed by atoms with E-state index in [1.54, 1.807) is 6.07 Å². The molecule has 3 rings (SSSR count). The van der Waals surface area contributed by atoms with E-state index in [4.69, 9.17) is 11.6 Å². The van der Waals surface area contributed by atoms with Crippen molar-refractivity contribution in [2.75, 3.05) is 0 Å². The number of hydrogen-bond donors (Lipinski definition) is 1. The van der Waals surface area contributed by atoms with Gasteiger partial charge in [-0.3, -0.25) is 4.79 Å². The van der Waals surface area contributed by atoms with Gasteiger partial charge < -0.3 is 5.32 Å². The van der Waals surface area contributed by atoms with E-state index < -0.39 is 0 Å². The van der Waals surface area contributed by atoms with Crippen molar-refractivity contribution in [3.63, 3.8) is 0 Å². The Morgan fingerprint density at radius 2 is 1.87 bits per heavy atom. The zero-order valence-corrected chi connectivity index (χ0v) is 14.3. The topological polar surface area (TPSA) is 41.5 Å². The van der Waals surface area contributed by atoms with Crippen LogP contribution in [0.25, 0.3) is 6.08 Å². The average molecular weight is 343 g/mol. The fourth-order valence-corrected chi connectivity index (χ4v) is 3.11. The molecule has 1 heterocycles. The molecule has 0 atom stereocenters. The first kappa shape index (κ1) is 15.8. The molecule has 2 aromatic carbocycles. The van der Waals surface area contributed by atoms with Crippen molar-refractivity contribution < 1.29 is 4.79 Å². The lowest BCUT2D eigenvalue weighted by Gasteiger charge is -2.01. The number of benzene rings is 2. The van der Waals surface area contributed by atoms with Crippen LogP contribution in [0.15, 0.2) is 52.4 Å². The van der Waals surface area contributed by atoms with E-state index >= 15 is 0 Å². The molecule has 1 amide bonds. The Labute approximate surface area is 144 Å². The normalized spacial score (nSPS) is 17.8. The quantitative estimate of drug-likeness (QED) is 0.793. The Morgan fingerprint density at radius 1 is 1.13 bits per heavy atom. The zero-order chi connectivity index (χ0) is 16.4. The third-order valence-corrected chi connectivity index (χ3v) is 4.56. The number of carbonyl (C=O) groups excluding carboxylic acids is 1. The van der Waals surface area contributed by atoms with Crippen LogP contribution in [0.1, 0.15) is 16.7 Å². The fourth-order valence-electron chi connectivity index (χ4n) is 2.11. The Kier molecular flexibility index (Phi) is 4.55. The lowest BCUT2D eigenvalue weighted by molar-refractivity contribution is -0.115. The summed E-state index contributed by atoms with van der Waals surface area (Å²) < 4.78 is 0. The van der Waals surface area contributed by atoms with Crippen LogP contribution < -0.4 is 5.32 Å². The SMILES string of the molecule is Cc1ccc(/C=C2\SC(=Nc3cc(Cl)ccc3C)NC2=O)cc1. The molecule has 1 N–H and O–H groups in total. The van der Waals surface area contributed by atoms with Gasteiger partial charge in [-0.25, -0.2) is 4.99 Å². The molecular formula is C18H15ClN2OS. The maximum Gasteiger partial charge on any atom is 0.264 e. The lowest BCUT2D eigenvalue weighted by Crippen LogP contribution is -2.19. The number of rotatable bonds is 2. The number of amides is 1. The summed E-state index contributed by atoms with van der Waals surface area (Å²) in [7, 11) is 0. The van der Waals surface area contributed by atoms with E-state index in [0.717, 1.165) is 16.8 Å². The summed E-state index contributed by atoms with van der Waals surface area (Å²) in [6.45, 7) is 3.99. The predicted molar refractivity (Wildman–Crippen MR) is 98.2 cm³/mol. The van der Waals surface area contributed by atoms with Gasteiger partial charge in [-0.15, -0.1) is 0 Å². The van der Waals surface area contributed by atoms with Gasteiger partial charge in [-0.1, -0.05) is 47.5 Å². The van der Waals surface area contributed by atoms with E-state index in [2.05, 4.69) is 10.3 Å². The number of halogens is 1. The van der Waals surface area contributed by atoms with Crippen molar-refractivity contribution in [2.24, 2.45) is 4.99 Å². The van der Waals surface area contributed by atoms with E-state index in [0.29, 0.717) is 15.1 Å². The Balaban J connectivity index is 1.86. The summed E-state index contributed by atoms with van der Waals surface area (Å²) in [6, 6.07) is 13.6. The van der Waals surface area contributed by atoms with Crippen LogP contribution in [-0.4, -0.2) is 11.1 Å². The third-order valence-electron chi connectivity index (χ3n) is 3.42. The minimum Gasteiger partial charge on any atom is -0.300 e. The average Bonchev–Trinajstić information content (AvgIpc) is 2.85. The molecule has 0 saturated carbocycles. The highest BCUT2D eigenvalue weighted by Gasteiger charge is 2.23. The van der Waals surface area contributed by atoms with Crippen molar-refractivity contribution in [2.45, 2.75) is 13.8 Å². The first-order chi connectivity index (χ1) is 11.0. The molecule has 0 aliphatic carbocycles. The summed E-state index contributed by atoms with van der Waals surface area (Å²) in [4.78, 5) is 17.2. The predicted octanol–water partition coefficient (Wildman–Crippen LogP) is 4.85. The first-order valence-electron chi connectivity index (χ1n) is 7.14. The van der Waals surface area contributed by atoms with Gasteiger partial charge in [0.2, 0.25) is 0 Å². The van der Waals surface area contributed by atoms with Crippen LogP contribution in [-0.2, 0) is 4.79 Å². The summed E-state index contributed by atoms with van der Waals surface area (Å²) in [5.41, 5.74) is 3.95. The maximum atomic E-state index is 12.1. The minimum absolute atomic E-state index is 0.131.